The van der Waals surface area contributed by atoms with E-state index in [-0.39, 0.29) is 0 Å². The summed E-state index contributed by atoms with van der Waals surface area (Å²) in [4.78, 5) is 2.52. The molecule has 0 saturated carbocycles. The van der Waals surface area contributed by atoms with Gasteiger partial charge in [0, 0.05) is 30.9 Å². The van der Waals surface area contributed by atoms with Crippen LogP contribution in [0.5, 0.6) is 0 Å². The van der Waals surface area contributed by atoms with Crippen LogP contribution in [-0.4, -0.2) is 42.6 Å². The molecule has 2 atom stereocenters. The second-order valence-corrected chi connectivity index (χ2v) is 5.90. The zero-order valence-corrected chi connectivity index (χ0v) is 13.3. The molecule has 0 bridgehead atoms. The monoisotopic (exact) mass is 325 g/mol. The molecule has 0 amide bonds. The van der Waals surface area contributed by atoms with Gasteiger partial charge in [0.25, 0.3) is 0 Å². The first-order chi connectivity index (χ1) is 9.33. The number of hydrogen-bond donors (Lipinski definition) is 0. The minimum atomic E-state index is 0.451. The van der Waals surface area contributed by atoms with Crippen LogP contribution in [-0.2, 0) is 4.74 Å². The number of ether oxygens (including phenoxy) is 1. The summed E-state index contributed by atoms with van der Waals surface area (Å²) in [6.07, 6.45) is 2.90. The van der Waals surface area contributed by atoms with Crippen LogP contribution in [0.15, 0.2) is 30.3 Å². The Morgan fingerprint density at radius 1 is 1.37 bits per heavy atom. The molecule has 0 N–H and O–H groups in total. The summed E-state index contributed by atoms with van der Waals surface area (Å²) >= 11 is 3.67. The maximum Gasteiger partial charge on any atom is 0.0702 e. The van der Waals surface area contributed by atoms with Crippen LogP contribution in [0.4, 0.5) is 0 Å². The van der Waals surface area contributed by atoms with Gasteiger partial charge in [0.1, 0.15) is 0 Å². The summed E-state index contributed by atoms with van der Waals surface area (Å²) in [5, 5.41) is 1.01. The van der Waals surface area contributed by atoms with Gasteiger partial charge in [0.2, 0.25) is 0 Å². The van der Waals surface area contributed by atoms with Crippen molar-refractivity contribution in [1.29, 1.82) is 0 Å². The van der Waals surface area contributed by atoms with Crippen LogP contribution in [0.1, 0.15) is 31.2 Å². The van der Waals surface area contributed by atoms with Gasteiger partial charge in [0.15, 0.2) is 0 Å². The average Bonchev–Trinajstić information content (AvgIpc) is 2.97. The predicted octanol–water partition coefficient (Wildman–Crippen LogP) is 3.67. The van der Waals surface area contributed by atoms with Gasteiger partial charge in [-0.1, -0.05) is 53.2 Å². The molecule has 0 aromatic heterocycles. The number of alkyl halides is 1. The van der Waals surface area contributed by atoms with Crippen molar-refractivity contribution in [2.75, 3.05) is 31.6 Å². The number of benzene rings is 1. The van der Waals surface area contributed by atoms with Crippen molar-refractivity contribution in [3.05, 3.63) is 35.9 Å². The summed E-state index contributed by atoms with van der Waals surface area (Å²) in [6, 6.07) is 10.8. The molecule has 106 valence electrons. The van der Waals surface area contributed by atoms with E-state index in [2.05, 4.69) is 58.1 Å². The quantitative estimate of drug-likeness (QED) is 0.709. The van der Waals surface area contributed by atoms with Crippen molar-refractivity contribution in [1.82, 2.24) is 4.90 Å². The summed E-state index contributed by atoms with van der Waals surface area (Å²) in [5.74, 6) is 0.558. The van der Waals surface area contributed by atoms with Crippen molar-refractivity contribution < 1.29 is 4.74 Å². The first-order valence-electron chi connectivity index (χ1n) is 7.28. The maximum absolute atomic E-state index is 5.75. The SMILES string of the molecule is CCN(CC1CCCO1)CC(CBr)c1ccccc1. The number of nitrogens with zero attached hydrogens (tertiary/aromatic N) is 1. The Labute approximate surface area is 125 Å². The molecule has 2 unspecified atom stereocenters. The molecular weight excluding hydrogens is 302 g/mol. The molecule has 1 aliphatic heterocycles. The van der Waals surface area contributed by atoms with Gasteiger partial charge in [-0.3, -0.25) is 0 Å². The molecule has 19 heavy (non-hydrogen) atoms. The van der Waals surface area contributed by atoms with Crippen molar-refractivity contribution >= 4 is 15.9 Å². The molecule has 1 aromatic carbocycles. The molecule has 3 heteroatoms. The zero-order valence-electron chi connectivity index (χ0n) is 11.7. The fourth-order valence-electron chi connectivity index (χ4n) is 2.69. The van der Waals surface area contributed by atoms with Crippen molar-refractivity contribution in [3.63, 3.8) is 0 Å². The summed E-state index contributed by atoms with van der Waals surface area (Å²) < 4.78 is 5.75. The maximum atomic E-state index is 5.75. The second kappa shape index (κ2) is 8.03. The Hall–Kier alpha value is -0.380. The molecule has 1 fully saturated rings. The third kappa shape index (κ3) is 4.59. The molecule has 0 aliphatic carbocycles. The van der Waals surface area contributed by atoms with Crippen LogP contribution in [0.2, 0.25) is 0 Å². The molecule has 0 radical (unpaired) electrons. The normalized spacial score (nSPS) is 20.9. The molecule has 0 spiro atoms. The minimum absolute atomic E-state index is 0.451. The number of hydrogen-bond acceptors (Lipinski definition) is 2. The van der Waals surface area contributed by atoms with E-state index in [4.69, 9.17) is 4.74 Å². The van der Waals surface area contributed by atoms with E-state index in [1.807, 2.05) is 0 Å². The highest BCUT2D eigenvalue weighted by Crippen LogP contribution is 2.21. The van der Waals surface area contributed by atoms with Gasteiger partial charge < -0.3 is 9.64 Å². The van der Waals surface area contributed by atoms with Crippen molar-refractivity contribution in [2.24, 2.45) is 0 Å². The number of rotatable bonds is 7. The topological polar surface area (TPSA) is 12.5 Å². The second-order valence-electron chi connectivity index (χ2n) is 5.25. The first-order valence-corrected chi connectivity index (χ1v) is 8.40. The highest BCUT2D eigenvalue weighted by molar-refractivity contribution is 9.09. The fourth-order valence-corrected chi connectivity index (χ4v) is 3.27. The lowest BCUT2D eigenvalue weighted by Crippen LogP contribution is -2.35. The molecule has 2 rings (SSSR count). The zero-order chi connectivity index (χ0) is 13.5. The Bertz CT molecular complexity index is 351. The Morgan fingerprint density at radius 2 is 2.16 bits per heavy atom. The summed E-state index contributed by atoms with van der Waals surface area (Å²) in [6.45, 7) is 6.46. The van der Waals surface area contributed by atoms with Crippen LogP contribution >= 0.6 is 15.9 Å². The van der Waals surface area contributed by atoms with E-state index in [1.165, 1.54) is 18.4 Å². The standard InChI is InChI=1S/C16H24BrNO/c1-2-18(13-16-9-6-10-19-16)12-15(11-17)14-7-4-3-5-8-14/h3-5,7-8,15-16H,2,6,9-13H2,1H3. The van der Waals surface area contributed by atoms with Crippen LogP contribution in [0.25, 0.3) is 0 Å². The van der Waals surface area contributed by atoms with Gasteiger partial charge in [-0.25, -0.2) is 0 Å². The van der Waals surface area contributed by atoms with Crippen LogP contribution in [0, 0.1) is 0 Å². The van der Waals surface area contributed by atoms with Gasteiger partial charge in [0.05, 0.1) is 6.10 Å². The van der Waals surface area contributed by atoms with Crippen LogP contribution in [0.3, 0.4) is 0 Å². The van der Waals surface area contributed by atoms with Gasteiger partial charge in [-0.2, -0.15) is 0 Å². The van der Waals surface area contributed by atoms with Crippen molar-refractivity contribution in [2.45, 2.75) is 31.8 Å². The average molecular weight is 326 g/mol. The van der Waals surface area contributed by atoms with E-state index in [0.29, 0.717) is 12.0 Å². The molecule has 1 saturated heterocycles. The van der Waals surface area contributed by atoms with E-state index in [1.54, 1.807) is 0 Å². The highest BCUT2D eigenvalue weighted by Gasteiger charge is 2.21. The van der Waals surface area contributed by atoms with E-state index in [0.717, 1.165) is 31.6 Å². The van der Waals surface area contributed by atoms with Gasteiger partial charge in [-0.15, -0.1) is 0 Å². The van der Waals surface area contributed by atoms with E-state index < -0.39 is 0 Å². The molecule has 1 aliphatic rings. The Balaban J connectivity index is 1.91. The van der Waals surface area contributed by atoms with Crippen molar-refractivity contribution in [3.8, 4) is 0 Å². The van der Waals surface area contributed by atoms with Crippen LogP contribution < -0.4 is 0 Å². The number of halogens is 1. The summed E-state index contributed by atoms with van der Waals surface area (Å²) in [5.41, 5.74) is 1.42. The third-order valence-electron chi connectivity index (χ3n) is 3.87. The summed E-state index contributed by atoms with van der Waals surface area (Å²) in [7, 11) is 0. The predicted molar refractivity (Wildman–Crippen MR) is 84.1 cm³/mol. The molecule has 1 aromatic rings. The highest BCUT2D eigenvalue weighted by atomic mass is 79.9. The minimum Gasteiger partial charge on any atom is -0.377 e. The third-order valence-corrected chi connectivity index (χ3v) is 4.65. The van der Waals surface area contributed by atoms with Gasteiger partial charge in [-0.05, 0) is 24.9 Å². The lowest BCUT2D eigenvalue weighted by atomic mass is 10.0. The number of likely N-dealkylation sites (N-methyl/N-ethyl adjacent to an activating group) is 1. The smallest absolute Gasteiger partial charge is 0.0702 e. The fraction of sp³-hybridized carbons (Fsp3) is 0.625. The first kappa shape index (κ1) is 15.0. The van der Waals surface area contributed by atoms with E-state index >= 15 is 0 Å². The molecular formula is C16H24BrNO. The Kier molecular flexibility index (Phi) is 6.35. The lowest BCUT2D eigenvalue weighted by Gasteiger charge is -2.27. The largest absolute Gasteiger partial charge is 0.377 e. The molecule has 1 heterocycles. The lowest BCUT2D eigenvalue weighted by molar-refractivity contribution is 0.0734. The molecule has 2 nitrogen and oxygen atoms in total. The van der Waals surface area contributed by atoms with E-state index in [9.17, 15) is 0 Å². The Morgan fingerprint density at radius 3 is 2.74 bits per heavy atom. The van der Waals surface area contributed by atoms with Gasteiger partial charge >= 0.3 is 0 Å².